The second kappa shape index (κ2) is 7.59. The summed E-state index contributed by atoms with van der Waals surface area (Å²) in [6, 6.07) is 14.8. The number of nitrogens with one attached hydrogen (secondary N) is 1. The summed E-state index contributed by atoms with van der Waals surface area (Å²) in [6.07, 6.45) is 1.97. The minimum absolute atomic E-state index is 0.0327. The average molecular weight is 303 g/mol. The predicted octanol–water partition coefficient (Wildman–Crippen LogP) is 3.43. The van der Waals surface area contributed by atoms with Crippen LogP contribution in [0.25, 0.3) is 0 Å². The SMILES string of the molecule is COc1ccc(OCC(=O)Nc2ccccc2SC)cc1. The number of rotatable bonds is 6. The molecule has 2 rings (SSSR count). The van der Waals surface area contributed by atoms with Crippen LogP contribution in [0.1, 0.15) is 0 Å². The molecule has 1 N–H and O–H groups in total. The molecule has 0 unspecified atom stereocenters. The van der Waals surface area contributed by atoms with Gasteiger partial charge in [0.25, 0.3) is 5.91 Å². The van der Waals surface area contributed by atoms with Crippen molar-refractivity contribution in [3.63, 3.8) is 0 Å². The average Bonchev–Trinajstić information content (AvgIpc) is 2.54. The number of carbonyl (C=O) groups is 1. The number of benzene rings is 2. The molecule has 0 bridgehead atoms. The third-order valence-corrected chi connectivity index (χ3v) is 3.61. The lowest BCUT2D eigenvalue weighted by Crippen LogP contribution is -2.20. The van der Waals surface area contributed by atoms with Crippen LogP contribution >= 0.6 is 11.8 Å². The van der Waals surface area contributed by atoms with E-state index in [1.807, 2.05) is 30.5 Å². The molecule has 0 aliphatic rings. The number of hydrogen-bond donors (Lipinski definition) is 1. The van der Waals surface area contributed by atoms with E-state index in [2.05, 4.69) is 5.32 Å². The fourth-order valence-electron chi connectivity index (χ4n) is 1.76. The van der Waals surface area contributed by atoms with E-state index in [9.17, 15) is 4.79 Å². The number of ether oxygens (including phenoxy) is 2. The van der Waals surface area contributed by atoms with Crippen LogP contribution in [-0.4, -0.2) is 25.9 Å². The van der Waals surface area contributed by atoms with Gasteiger partial charge in [-0.3, -0.25) is 4.79 Å². The first-order chi connectivity index (χ1) is 10.2. The zero-order valence-electron chi connectivity index (χ0n) is 12.0. The maximum atomic E-state index is 11.9. The standard InChI is InChI=1S/C16H17NO3S/c1-19-12-7-9-13(10-8-12)20-11-16(18)17-14-5-3-4-6-15(14)21-2/h3-10H,11H2,1-2H3,(H,17,18). The molecular formula is C16H17NO3S. The number of methoxy groups -OCH3 is 1. The Morgan fingerprint density at radius 1 is 1.10 bits per heavy atom. The first-order valence-electron chi connectivity index (χ1n) is 6.42. The van der Waals surface area contributed by atoms with Crippen LogP contribution in [-0.2, 0) is 4.79 Å². The molecule has 1 amide bonds. The van der Waals surface area contributed by atoms with Crippen molar-refractivity contribution < 1.29 is 14.3 Å². The molecule has 0 aliphatic heterocycles. The van der Waals surface area contributed by atoms with E-state index in [0.717, 1.165) is 16.3 Å². The van der Waals surface area contributed by atoms with Crippen LogP contribution in [0, 0.1) is 0 Å². The smallest absolute Gasteiger partial charge is 0.262 e. The number of amides is 1. The van der Waals surface area contributed by atoms with E-state index in [1.165, 1.54) is 0 Å². The van der Waals surface area contributed by atoms with Gasteiger partial charge in [-0.2, -0.15) is 0 Å². The molecule has 0 radical (unpaired) electrons. The van der Waals surface area contributed by atoms with E-state index in [1.54, 1.807) is 43.1 Å². The quantitative estimate of drug-likeness (QED) is 0.831. The Labute approximate surface area is 128 Å². The summed E-state index contributed by atoms with van der Waals surface area (Å²) < 4.78 is 10.5. The van der Waals surface area contributed by atoms with Gasteiger partial charge in [0.2, 0.25) is 0 Å². The van der Waals surface area contributed by atoms with Crippen LogP contribution in [0.4, 0.5) is 5.69 Å². The highest BCUT2D eigenvalue weighted by Crippen LogP contribution is 2.24. The number of thioether (sulfide) groups is 1. The fourth-order valence-corrected chi connectivity index (χ4v) is 2.31. The zero-order valence-corrected chi connectivity index (χ0v) is 12.8. The van der Waals surface area contributed by atoms with Crippen molar-refractivity contribution in [2.75, 3.05) is 25.3 Å². The summed E-state index contributed by atoms with van der Waals surface area (Å²) in [5, 5.41) is 2.84. The van der Waals surface area contributed by atoms with Gasteiger partial charge in [-0.1, -0.05) is 12.1 Å². The van der Waals surface area contributed by atoms with Crippen LogP contribution < -0.4 is 14.8 Å². The lowest BCUT2D eigenvalue weighted by atomic mass is 10.3. The molecule has 5 heteroatoms. The molecule has 2 aromatic rings. The van der Waals surface area contributed by atoms with Crippen molar-refractivity contribution >= 4 is 23.4 Å². The Morgan fingerprint density at radius 3 is 2.43 bits per heavy atom. The third kappa shape index (κ3) is 4.43. The number of hydrogen-bond acceptors (Lipinski definition) is 4. The lowest BCUT2D eigenvalue weighted by molar-refractivity contribution is -0.118. The fraction of sp³-hybridized carbons (Fsp3) is 0.188. The Kier molecular flexibility index (Phi) is 5.51. The Morgan fingerprint density at radius 2 is 1.76 bits per heavy atom. The molecule has 0 atom stereocenters. The van der Waals surface area contributed by atoms with Crippen LogP contribution in [0.3, 0.4) is 0 Å². The molecule has 0 fully saturated rings. The monoisotopic (exact) mass is 303 g/mol. The summed E-state index contributed by atoms with van der Waals surface area (Å²) in [5.41, 5.74) is 0.799. The molecule has 21 heavy (non-hydrogen) atoms. The van der Waals surface area contributed by atoms with Crippen molar-refractivity contribution in [3.8, 4) is 11.5 Å². The molecule has 2 aromatic carbocycles. The molecule has 0 heterocycles. The molecule has 110 valence electrons. The number of carbonyl (C=O) groups excluding carboxylic acids is 1. The maximum absolute atomic E-state index is 11.9. The van der Waals surface area contributed by atoms with Crippen LogP contribution in [0.2, 0.25) is 0 Å². The van der Waals surface area contributed by atoms with Gasteiger partial charge >= 0.3 is 0 Å². The third-order valence-electron chi connectivity index (χ3n) is 2.81. The molecular weight excluding hydrogens is 286 g/mol. The summed E-state index contributed by atoms with van der Waals surface area (Å²) >= 11 is 1.59. The predicted molar refractivity (Wildman–Crippen MR) is 85.3 cm³/mol. The minimum Gasteiger partial charge on any atom is -0.497 e. The molecule has 4 nitrogen and oxygen atoms in total. The second-order valence-corrected chi connectivity index (χ2v) is 5.06. The summed E-state index contributed by atoms with van der Waals surface area (Å²) in [6.45, 7) is -0.0327. The summed E-state index contributed by atoms with van der Waals surface area (Å²) in [4.78, 5) is 12.9. The van der Waals surface area contributed by atoms with E-state index in [-0.39, 0.29) is 12.5 Å². The second-order valence-electron chi connectivity index (χ2n) is 4.21. The number of para-hydroxylation sites is 1. The van der Waals surface area contributed by atoms with Gasteiger partial charge in [0, 0.05) is 4.90 Å². The Hall–Kier alpha value is -2.14. The molecule has 0 saturated heterocycles. The molecule has 0 saturated carbocycles. The highest BCUT2D eigenvalue weighted by molar-refractivity contribution is 7.98. The van der Waals surface area contributed by atoms with Gasteiger partial charge < -0.3 is 14.8 Å². The van der Waals surface area contributed by atoms with Gasteiger partial charge in [0.05, 0.1) is 12.8 Å². The van der Waals surface area contributed by atoms with E-state index in [4.69, 9.17) is 9.47 Å². The van der Waals surface area contributed by atoms with E-state index in [0.29, 0.717) is 5.75 Å². The van der Waals surface area contributed by atoms with Crippen molar-refractivity contribution in [2.24, 2.45) is 0 Å². The van der Waals surface area contributed by atoms with Gasteiger partial charge in [0.1, 0.15) is 11.5 Å². The van der Waals surface area contributed by atoms with E-state index >= 15 is 0 Å². The van der Waals surface area contributed by atoms with Crippen molar-refractivity contribution in [1.29, 1.82) is 0 Å². The van der Waals surface area contributed by atoms with Crippen LogP contribution in [0.5, 0.6) is 11.5 Å². The number of anilines is 1. The summed E-state index contributed by atoms with van der Waals surface area (Å²) in [5.74, 6) is 1.19. The van der Waals surface area contributed by atoms with E-state index < -0.39 is 0 Å². The highest BCUT2D eigenvalue weighted by atomic mass is 32.2. The van der Waals surface area contributed by atoms with Gasteiger partial charge in [-0.25, -0.2) is 0 Å². The molecule has 0 spiro atoms. The minimum atomic E-state index is -0.188. The first kappa shape index (κ1) is 15.3. The van der Waals surface area contributed by atoms with Crippen molar-refractivity contribution in [2.45, 2.75) is 4.90 Å². The van der Waals surface area contributed by atoms with Gasteiger partial charge in [-0.05, 0) is 42.7 Å². The largest absolute Gasteiger partial charge is 0.497 e. The van der Waals surface area contributed by atoms with Crippen LogP contribution in [0.15, 0.2) is 53.4 Å². The summed E-state index contributed by atoms with van der Waals surface area (Å²) in [7, 11) is 1.60. The molecule has 0 aromatic heterocycles. The maximum Gasteiger partial charge on any atom is 0.262 e. The normalized spacial score (nSPS) is 10.0. The lowest BCUT2D eigenvalue weighted by Gasteiger charge is -2.10. The Balaban J connectivity index is 1.89. The van der Waals surface area contributed by atoms with Gasteiger partial charge in [-0.15, -0.1) is 11.8 Å². The van der Waals surface area contributed by atoms with Gasteiger partial charge in [0.15, 0.2) is 6.61 Å². The van der Waals surface area contributed by atoms with Crippen molar-refractivity contribution in [3.05, 3.63) is 48.5 Å². The first-order valence-corrected chi connectivity index (χ1v) is 7.65. The molecule has 0 aliphatic carbocycles. The Bertz CT molecular complexity index is 599. The van der Waals surface area contributed by atoms with Crippen molar-refractivity contribution in [1.82, 2.24) is 0 Å². The highest BCUT2D eigenvalue weighted by Gasteiger charge is 2.07. The topological polar surface area (TPSA) is 47.6 Å². The zero-order chi connectivity index (χ0) is 15.1.